The summed E-state index contributed by atoms with van der Waals surface area (Å²) in [5.41, 5.74) is 0.778. The van der Waals surface area contributed by atoms with E-state index in [1.165, 1.54) is 0 Å². The Balaban J connectivity index is 2.65. The molecule has 13 heavy (non-hydrogen) atoms. The van der Waals surface area contributed by atoms with Gasteiger partial charge in [0.1, 0.15) is 0 Å². The summed E-state index contributed by atoms with van der Waals surface area (Å²) in [7, 11) is 0. The van der Waals surface area contributed by atoms with E-state index in [0.717, 1.165) is 18.5 Å². The SMILES string of the molecule is CCOC1=C(C)NC(CC)(CC)O1. The van der Waals surface area contributed by atoms with Crippen LogP contribution in [0.5, 0.6) is 0 Å². The van der Waals surface area contributed by atoms with E-state index in [-0.39, 0.29) is 5.72 Å². The molecule has 0 atom stereocenters. The fourth-order valence-electron chi connectivity index (χ4n) is 1.51. The molecule has 76 valence electrons. The van der Waals surface area contributed by atoms with Crippen LogP contribution in [0.3, 0.4) is 0 Å². The summed E-state index contributed by atoms with van der Waals surface area (Å²) in [5, 5.41) is 3.33. The predicted molar refractivity (Wildman–Crippen MR) is 51.9 cm³/mol. The second-order valence-corrected chi connectivity index (χ2v) is 3.27. The van der Waals surface area contributed by atoms with Crippen LogP contribution < -0.4 is 5.32 Å². The molecule has 3 heteroatoms. The highest BCUT2D eigenvalue weighted by molar-refractivity contribution is 5.08. The molecule has 1 N–H and O–H groups in total. The Hall–Kier alpha value is -0.860. The molecule has 1 heterocycles. The summed E-state index contributed by atoms with van der Waals surface area (Å²) in [4.78, 5) is 0. The van der Waals surface area contributed by atoms with E-state index in [1.54, 1.807) is 0 Å². The van der Waals surface area contributed by atoms with Gasteiger partial charge in [0, 0.05) is 12.8 Å². The van der Waals surface area contributed by atoms with Gasteiger partial charge < -0.3 is 14.8 Å². The molecule has 0 spiro atoms. The monoisotopic (exact) mass is 185 g/mol. The second kappa shape index (κ2) is 3.90. The number of rotatable bonds is 4. The Morgan fingerprint density at radius 3 is 2.31 bits per heavy atom. The number of ether oxygens (including phenoxy) is 2. The highest BCUT2D eigenvalue weighted by Crippen LogP contribution is 2.29. The van der Waals surface area contributed by atoms with Gasteiger partial charge in [-0.2, -0.15) is 0 Å². The molecule has 0 saturated carbocycles. The van der Waals surface area contributed by atoms with Gasteiger partial charge in [0.25, 0.3) is 0 Å². The number of allylic oxidation sites excluding steroid dienone is 1. The average Bonchev–Trinajstić information content (AvgIpc) is 2.45. The zero-order valence-electron chi connectivity index (χ0n) is 8.94. The van der Waals surface area contributed by atoms with Gasteiger partial charge in [-0.05, 0) is 13.8 Å². The third-order valence-corrected chi connectivity index (χ3v) is 2.43. The fraction of sp³-hybridized carbons (Fsp3) is 0.800. The van der Waals surface area contributed by atoms with E-state index >= 15 is 0 Å². The maximum absolute atomic E-state index is 5.75. The van der Waals surface area contributed by atoms with Crippen LogP contribution in [0.4, 0.5) is 0 Å². The Morgan fingerprint density at radius 1 is 1.31 bits per heavy atom. The molecule has 0 saturated heterocycles. The smallest absolute Gasteiger partial charge is 0.301 e. The van der Waals surface area contributed by atoms with E-state index in [1.807, 2.05) is 13.8 Å². The lowest BCUT2D eigenvalue weighted by atomic mass is 10.1. The van der Waals surface area contributed by atoms with Gasteiger partial charge >= 0.3 is 5.95 Å². The van der Waals surface area contributed by atoms with Gasteiger partial charge in [0.05, 0.1) is 12.3 Å². The molecule has 0 fully saturated rings. The molecular weight excluding hydrogens is 166 g/mol. The maximum Gasteiger partial charge on any atom is 0.301 e. The van der Waals surface area contributed by atoms with Gasteiger partial charge in [-0.3, -0.25) is 0 Å². The molecular formula is C10H19NO2. The molecule has 3 nitrogen and oxygen atoms in total. The highest BCUT2D eigenvalue weighted by atomic mass is 16.7. The summed E-state index contributed by atoms with van der Waals surface area (Å²) in [6.45, 7) is 8.81. The normalized spacial score (nSPS) is 19.7. The van der Waals surface area contributed by atoms with E-state index in [2.05, 4.69) is 19.2 Å². The zero-order chi connectivity index (χ0) is 9.90. The van der Waals surface area contributed by atoms with Crippen LogP contribution in [-0.2, 0) is 9.47 Å². The maximum atomic E-state index is 5.75. The first-order valence-corrected chi connectivity index (χ1v) is 4.98. The van der Waals surface area contributed by atoms with Crippen molar-refractivity contribution in [3.05, 3.63) is 11.6 Å². The van der Waals surface area contributed by atoms with Gasteiger partial charge in [0.15, 0.2) is 5.72 Å². The molecule has 1 aliphatic rings. The van der Waals surface area contributed by atoms with Crippen molar-refractivity contribution >= 4 is 0 Å². The van der Waals surface area contributed by atoms with Crippen LogP contribution in [0.2, 0.25) is 0 Å². The Kier molecular flexibility index (Phi) is 3.07. The van der Waals surface area contributed by atoms with E-state index < -0.39 is 0 Å². The molecule has 0 aromatic carbocycles. The lowest BCUT2D eigenvalue weighted by Gasteiger charge is -2.27. The number of hydrogen-bond donors (Lipinski definition) is 1. The molecule has 1 rings (SSSR count). The van der Waals surface area contributed by atoms with Crippen LogP contribution in [-0.4, -0.2) is 12.3 Å². The minimum absolute atomic E-state index is 0.228. The van der Waals surface area contributed by atoms with Crippen molar-refractivity contribution in [3.63, 3.8) is 0 Å². The summed E-state index contributed by atoms with van der Waals surface area (Å²) >= 11 is 0. The lowest BCUT2D eigenvalue weighted by Crippen LogP contribution is -2.40. The molecule has 0 unspecified atom stereocenters. The zero-order valence-corrected chi connectivity index (χ0v) is 8.94. The molecule has 0 aliphatic carbocycles. The van der Waals surface area contributed by atoms with Crippen molar-refractivity contribution in [2.75, 3.05) is 6.61 Å². The molecule has 1 aliphatic heterocycles. The van der Waals surface area contributed by atoms with Crippen LogP contribution in [0, 0.1) is 0 Å². The van der Waals surface area contributed by atoms with Gasteiger partial charge in [-0.15, -0.1) is 0 Å². The van der Waals surface area contributed by atoms with Crippen LogP contribution >= 0.6 is 0 Å². The topological polar surface area (TPSA) is 30.5 Å². The van der Waals surface area contributed by atoms with Gasteiger partial charge in [-0.25, -0.2) is 0 Å². The summed E-state index contributed by atoms with van der Waals surface area (Å²) in [5.74, 6) is 0.659. The number of nitrogens with one attached hydrogen (secondary N) is 1. The van der Waals surface area contributed by atoms with Crippen LogP contribution in [0.1, 0.15) is 40.5 Å². The summed E-state index contributed by atoms with van der Waals surface area (Å²) in [6, 6.07) is 0. The molecule has 0 bridgehead atoms. The third-order valence-electron chi connectivity index (χ3n) is 2.43. The molecule has 0 radical (unpaired) electrons. The Morgan fingerprint density at radius 2 is 1.92 bits per heavy atom. The summed E-state index contributed by atoms with van der Waals surface area (Å²) in [6.07, 6.45) is 1.88. The van der Waals surface area contributed by atoms with Gasteiger partial charge in [0.2, 0.25) is 0 Å². The van der Waals surface area contributed by atoms with Crippen LogP contribution in [0.25, 0.3) is 0 Å². The van der Waals surface area contributed by atoms with Crippen molar-refractivity contribution in [2.24, 2.45) is 0 Å². The minimum atomic E-state index is -0.228. The van der Waals surface area contributed by atoms with Crippen molar-refractivity contribution in [2.45, 2.75) is 46.3 Å². The van der Waals surface area contributed by atoms with Crippen LogP contribution in [0.15, 0.2) is 11.6 Å². The molecule has 0 aromatic heterocycles. The van der Waals surface area contributed by atoms with Gasteiger partial charge in [-0.1, -0.05) is 13.8 Å². The van der Waals surface area contributed by atoms with Crippen molar-refractivity contribution in [1.29, 1.82) is 0 Å². The van der Waals surface area contributed by atoms with Crippen molar-refractivity contribution < 1.29 is 9.47 Å². The standard InChI is InChI=1S/C10H19NO2/c1-5-10(6-2)11-8(4)9(13-10)12-7-3/h11H,5-7H2,1-4H3. The third kappa shape index (κ3) is 1.90. The van der Waals surface area contributed by atoms with Crippen molar-refractivity contribution in [3.8, 4) is 0 Å². The first kappa shape index (κ1) is 10.2. The quantitative estimate of drug-likeness (QED) is 0.729. The largest absolute Gasteiger partial charge is 0.464 e. The molecule has 0 amide bonds. The van der Waals surface area contributed by atoms with E-state index in [4.69, 9.17) is 9.47 Å². The summed E-state index contributed by atoms with van der Waals surface area (Å²) < 4.78 is 11.1. The Bertz CT molecular complexity index is 207. The first-order valence-electron chi connectivity index (χ1n) is 4.98. The second-order valence-electron chi connectivity index (χ2n) is 3.27. The number of hydrogen-bond acceptors (Lipinski definition) is 3. The minimum Gasteiger partial charge on any atom is -0.464 e. The average molecular weight is 185 g/mol. The highest BCUT2D eigenvalue weighted by Gasteiger charge is 2.36. The van der Waals surface area contributed by atoms with E-state index in [9.17, 15) is 0 Å². The lowest BCUT2D eigenvalue weighted by molar-refractivity contribution is -0.0631. The van der Waals surface area contributed by atoms with Crippen molar-refractivity contribution in [1.82, 2.24) is 5.32 Å². The fourth-order valence-corrected chi connectivity index (χ4v) is 1.51. The predicted octanol–water partition coefficient (Wildman–Crippen LogP) is 2.35. The Labute approximate surface area is 80.1 Å². The molecule has 0 aromatic rings. The first-order chi connectivity index (χ1) is 6.17. The van der Waals surface area contributed by atoms with E-state index in [0.29, 0.717) is 12.6 Å².